The van der Waals surface area contributed by atoms with E-state index in [1.807, 2.05) is 0 Å². The summed E-state index contributed by atoms with van der Waals surface area (Å²) in [5.41, 5.74) is 1.19. The molecule has 0 bridgehead atoms. The van der Waals surface area contributed by atoms with Crippen LogP contribution >= 0.6 is 15.9 Å². The lowest BCUT2D eigenvalue weighted by Crippen LogP contribution is -2.23. The van der Waals surface area contributed by atoms with Gasteiger partial charge in [-0.3, -0.25) is 9.36 Å². The first kappa shape index (κ1) is 12.7. The molecule has 0 aliphatic heterocycles. The van der Waals surface area contributed by atoms with E-state index in [4.69, 9.17) is 4.74 Å². The highest BCUT2D eigenvalue weighted by atomic mass is 79.9. The predicted molar refractivity (Wildman–Crippen MR) is 68.6 cm³/mol. The van der Waals surface area contributed by atoms with Crippen molar-refractivity contribution in [2.45, 2.75) is 13.5 Å². The number of halogens is 1. The second kappa shape index (κ2) is 5.26. The summed E-state index contributed by atoms with van der Waals surface area (Å²) < 4.78 is 6.85. The predicted octanol–water partition coefficient (Wildman–Crippen LogP) is 1.16. The number of nitrogens with zero attached hydrogens (tertiary/aromatic N) is 4. The Labute approximate surface area is 112 Å². The molecule has 0 N–H and O–H groups in total. The first-order valence-electron chi connectivity index (χ1n) is 5.20. The average Bonchev–Trinajstić information content (AvgIpc) is 2.40. The Morgan fingerprint density at radius 2 is 2.17 bits per heavy atom. The minimum Gasteiger partial charge on any atom is -0.480 e. The van der Waals surface area contributed by atoms with E-state index in [-0.39, 0.29) is 5.56 Å². The second-order valence-electron chi connectivity index (χ2n) is 3.64. The van der Waals surface area contributed by atoms with E-state index < -0.39 is 0 Å². The number of aromatic nitrogens is 4. The van der Waals surface area contributed by atoms with Crippen molar-refractivity contribution >= 4 is 15.9 Å². The minimum atomic E-state index is -0.139. The topological polar surface area (TPSA) is 69.9 Å². The highest BCUT2D eigenvalue weighted by Crippen LogP contribution is 2.08. The van der Waals surface area contributed by atoms with Crippen molar-refractivity contribution < 1.29 is 4.74 Å². The molecule has 0 unspecified atom stereocenters. The largest absolute Gasteiger partial charge is 0.480 e. The first-order chi connectivity index (χ1) is 8.61. The normalized spacial score (nSPS) is 10.4. The molecule has 0 radical (unpaired) electrons. The van der Waals surface area contributed by atoms with E-state index >= 15 is 0 Å². The van der Waals surface area contributed by atoms with Crippen molar-refractivity contribution in [3.63, 3.8) is 0 Å². The van der Waals surface area contributed by atoms with Gasteiger partial charge in [-0.2, -0.15) is 0 Å². The van der Waals surface area contributed by atoms with Crippen molar-refractivity contribution in [2.24, 2.45) is 0 Å². The van der Waals surface area contributed by atoms with Gasteiger partial charge in [0.25, 0.3) is 5.56 Å². The van der Waals surface area contributed by atoms with Gasteiger partial charge in [0.2, 0.25) is 5.88 Å². The summed E-state index contributed by atoms with van der Waals surface area (Å²) in [5, 5.41) is 7.80. The molecule has 94 valence electrons. The molecule has 2 aromatic heterocycles. The smallest absolute Gasteiger partial charge is 0.268 e. The number of ether oxygens (including phenoxy) is 1. The van der Waals surface area contributed by atoms with Gasteiger partial charge in [0.05, 0.1) is 31.4 Å². The highest BCUT2D eigenvalue weighted by Gasteiger charge is 2.06. The summed E-state index contributed by atoms with van der Waals surface area (Å²) in [6.07, 6.45) is 1.49. The van der Waals surface area contributed by atoms with Crippen LogP contribution in [0.1, 0.15) is 11.4 Å². The van der Waals surface area contributed by atoms with Gasteiger partial charge in [-0.15, -0.1) is 10.2 Å². The van der Waals surface area contributed by atoms with Crippen LogP contribution in [0.4, 0.5) is 0 Å². The second-order valence-corrected chi connectivity index (χ2v) is 4.44. The van der Waals surface area contributed by atoms with Crippen LogP contribution in [-0.4, -0.2) is 26.9 Å². The van der Waals surface area contributed by atoms with Crippen LogP contribution in [-0.2, 0) is 6.54 Å². The van der Waals surface area contributed by atoms with E-state index in [0.29, 0.717) is 28.3 Å². The molecule has 0 saturated heterocycles. The maximum Gasteiger partial charge on any atom is 0.268 e. The van der Waals surface area contributed by atoms with Crippen LogP contribution in [0.2, 0.25) is 0 Å². The first-order valence-corrected chi connectivity index (χ1v) is 5.99. The molecule has 2 rings (SSSR count). The van der Waals surface area contributed by atoms with Crippen LogP contribution in [0.3, 0.4) is 0 Å². The molecular formula is C11H11BrN4O2. The van der Waals surface area contributed by atoms with E-state index in [9.17, 15) is 4.79 Å². The molecule has 18 heavy (non-hydrogen) atoms. The maximum absolute atomic E-state index is 11.9. The molecule has 2 aromatic rings. The van der Waals surface area contributed by atoms with E-state index in [1.165, 1.54) is 18.0 Å². The molecule has 0 saturated carbocycles. The Hall–Kier alpha value is -1.76. The number of hydrogen-bond donors (Lipinski definition) is 0. The third-order valence-corrected chi connectivity index (χ3v) is 3.31. The monoisotopic (exact) mass is 310 g/mol. The van der Waals surface area contributed by atoms with Crippen LogP contribution in [0.15, 0.2) is 27.7 Å². The van der Waals surface area contributed by atoms with E-state index in [1.54, 1.807) is 19.1 Å². The molecule has 0 amide bonds. The Kier molecular flexibility index (Phi) is 3.71. The van der Waals surface area contributed by atoms with Gasteiger partial charge in [0, 0.05) is 6.07 Å². The molecule has 7 heteroatoms. The van der Waals surface area contributed by atoms with Crippen molar-refractivity contribution in [3.05, 3.63) is 44.7 Å². The Balaban J connectivity index is 2.28. The average molecular weight is 311 g/mol. The van der Waals surface area contributed by atoms with Gasteiger partial charge in [0.15, 0.2) is 0 Å². The Bertz CT molecular complexity index is 609. The lowest BCUT2D eigenvalue weighted by molar-refractivity contribution is 0.390. The van der Waals surface area contributed by atoms with Gasteiger partial charge >= 0.3 is 0 Å². The summed E-state index contributed by atoms with van der Waals surface area (Å²) in [6, 6.07) is 3.45. The number of aryl methyl sites for hydroxylation is 1. The van der Waals surface area contributed by atoms with Crippen LogP contribution in [0, 0.1) is 6.92 Å². The lowest BCUT2D eigenvalue weighted by Gasteiger charge is -2.06. The van der Waals surface area contributed by atoms with Crippen molar-refractivity contribution in [3.8, 4) is 5.88 Å². The van der Waals surface area contributed by atoms with Crippen LogP contribution in [0.5, 0.6) is 5.88 Å². The SMILES string of the molecule is COc1ccc(Cn2cnc(C)c(Br)c2=O)nn1. The Morgan fingerprint density at radius 3 is 2.78 bits per heavy atom. The zero-order chi connectivity index (χ0) is 13.1. The molecule has 2 heterocycles. The van der Waals surface area contributed by atoms with Crippen LogP contribution in [0.25, 0.3) is 0 Å². The number of hydrogen-bond acceptors (Lipinski definition) is 5. The van der Waals surface area contributed by atoms with Gasteiger partial charge in [0.1, 0.15) is 4.47 Å². The summed E-state index contributed by atoms with van der Waals surface area (Å²) >= 11 is 3.21. The van der Waals surface area contributed by atoms with E-state index in [2.05, 4.69) is 31.1 Å². The fourth-order valence-corrected chi connectivity index (χ4v) is 1.70. The minimum absolute atomic E-state index is 0.139. The third-order valence-electron chi connectivity index (χ3n) is 2.39. The van der Waals surface area contributed by atoms with Crippen LogP contribution < -0.4 is 10.3 Å². The standard InChI is InChI=1S/C11H11BrN4O2/c1-7-10(12)11(17)16(6-13-7)5-8-3-4-9(18-2)15-14-8/h3-4,6H,5H2,1-2H3. The molecule has 0 spiro atoms. The summed E-state index contributed by atoms with van der Waals surface area (Å²) in [5.74, 6) is 0.439. The summed E-state index contributed by atoms with van der Waals surface area (Å²) in [4.78, 5) is 16.0. The fourth-order valence-electron chi connectivity index (χ4n) is 1.37. The van der Waals surface area contributed by atoms with Crippen molar-refractivity contribution in [2.75, 3.05) is 7.11 Å². The molecule has 0 aromatic carbocycles. The number of methoxy groups -OCH3 is 1. The summed E-state index contributed by atoms with van der Waals surface area (Å²) in [7, 11) is 1.52. The lowest BCUT2D eigenvalue weighted by atomic mass is 10.3. The molecule has 0 aliphatic carbocycles. The maximum atomic E-state index is 11.9. The number of rotatable bonds is 3. The highest BCUT2D eigenvalue weighted by molar-refractivity contribution is 9.10. The molecule has 0 aliphatic rings. The van der Waals surface area contributed by atoms with Gasteiger partial charge in [-0.1, -0.05) is 0 Å². The fraction of sp³-hybridized carbons (Fsp3) is 0.273. The van der Waals surface area contributed by atoms with Crippen molar-refractivity contribution in [1.29, 1.82) is 0 Å². The molecular weight excluding hydrogens is 300 g/mol. The van der Waals surface area contributed by atoms with Gasteiger partial charge in [-0.05, 0) is 28.9 Å². The third kappa shape index (κ3) is 2.56. The van der Waals surface area contributed by atoms with E-state index in [0.717, 1.165) is 0 Å². The molecule has 6 nitrogen and oxygen atoms in total. The summed E-state index contributed by atoms with van der Waals surface area (Å²) in [6.45, 7) is 2.09. The zero-order valence-corrected chi connectivity index (χ0v) is 11.5. The zero-order valence-electron chi connectivity index (χ0n) is 9.92. The Morgan fingerprint density at radius 1 is 1.39 bits per heavy atom. The quantitative estimate of drug-likeness (QED) is 0.851. The molecule has 0 fully saturated rings. The molecule has 0 atom stereocenters. The van der Waals surface area contributed by atoms with Crippen molar-refractivity contribution in [1.82, 2.24) is 19.7 Å². The van der Waals surface area contributed by atoms with Gasteiger partial charge < -0.3 is 4.74 Å². The van der Waals surface area contributed by atoms with Gasteiger partial charge in [-0.25, -0.2) is 4.98 Å².